The molecule has 0 N–H and O–H groups in total. The Kier molecular flexibility index (Phi) is 2.42. The zero-order valence-electron chi connectivity index (χ0n) is 8.08. The molecule has 0 saturated carbocycles. The van der Waals surface area contributed by atoms with Crippen molar-refractivity contribution >= 4 is 0 Å². The number of ether oxygens (including phenoxy) is 1. The number of aryl methyl sites for hydroxylation is 1. The summed E-state index contributed by atoms with van der Waals surface area (Å²) >= 11 is 0. The van der Waals surface area contributed by atoms with Gasteiger partial charge in [0.2, 0.25) is 0 Å². The lowest BCUT2D eigenvalue weighted by atomic mass is 10.0. The van der Waals surface area contributed by atoms with Crippen molar-refractivity contribution in [1.29, 1.82) is 5.26 Å². The predicted octanol–water partition coefficient (Wildman–Crippen LogP) is 0.924. The van der Waals surface area contributed by atoms with Gasteiger partial charge in [0, 0.05) is 5.56 Å². The van der Waals surface area contributed by atoms with Crippen LogP contribution in [-0.2, 0) is 24.2 Å². The van der Waals surface area contributed by atoms with Gasteiger partial charge in [-0.05, 0) is 13.3 Å². The smallest absolute Gasteiger partial charge is 0.125 e. The van der Waals surface area contributed by atoms with Crippen LogP contribution in [0.25, 0.3) is 0 Å². The molecule has 0 bridgehead atoms. The molecule has 1 aliphatic rings. The Morgan fingerprint density at radius 3 is 3.14 bits per heavy atom. The topological polar surface area (TPSA) is 58.8 Å². The van der Waals surface area contributed by atoms with Crippen LogP contribution in [0.4, 0.5) is 0 Å². The summed E-state index contributed by atoms with van der Waals surface area (Å²) in [7, 11) is 0. The summed E-state index contributed by atoms with van der Waals surface area (Å²) in [5.41, 5.74) is 2.94. The van der Waals surface area contributed by atoms with Crippen molar-refractivity contribution in [2.75, 3.05) is 6.61 Å². The molecule has 0 radical (unpaired) electrons. The molecular formula is C10H11N3O. The first-order valence-corrected chi connectivity index (χ1v) is 4.61. The number of fused-ring (bicyclic) bond motifs is 1. The quantitative estimate of drug-likeness (QED) is 0.659. The highest BCUT2D eigenvalue weighted by atomic mass is 16.5. The van der Waals surface area contributed by atoms with Gasteiger partial charge in [-0.1, -0.05) is 0 Å². The van der Waals surface area contributed by atoms with E-state index in [0.717, 1.165) is 29.2 Å². The first-order chi connectivity index (χ1) is 6.81. The highest BCUT2D eigenvalue weighted by Gasteiger charge is 2.16. The Hall–Kier alpha value is -1.47. The number of nitrogens with zero attached hydrogens (tertiary/aromatic N) is 3. The molecule has 0 aliphatic carbocycles. The molecule has 0 spiro atoms. The van der Waals surface area contributed by atoms with Gasteiger partial charge in [0.15, 0.2) is 0 Å². The lowest BCUT2D eigenvalue weighted by Crippen LogP contribution is -2.16. The molecule has 72 valence electrons. The molecule has 0 amide bonds. The number of aromatic nitrogens is 2. The van der Waals surface area contributed by atoms with E-state index < -0.39 is 0 Å². The van der Waals surface area contributed by atoms with Gasteiger partial charge >= 0.3 is 0 Å². The fourth-order valence-corrected chi connectivity index (χ4v) is 1.69. The van der Waals surface area contributed by atoms with Crippen LogP contribution in [0.5, 0.6) is 0 Å². The zero-order valence-corrected chi connectivity index (χ0v) is 8.08. The Balaban J connectivity index is 2.48. The number of hydrogen-bond donors (Lipinski definition) is 0. The van der Waals surface area contributed by atoms with E-state index in [1.165, 1.54) is 0 Å². The molecule has 0 unspecified atom stereocenters. The molecule has 0 saturated heterocycles. The molecule has 0 atom stereocenters. The van der Waals surface area contributed by atoms with Crippen molar-refractivity contribution < 1.29 is 4.74 Å². The average Bonchev–Trinajstić information content (AvgIpc) is 2.18. The maximum Gasteiger partial charge on any atom is 0.125 e. The molecule has 0 fully saturated rings. The summed E-state index contributed by atoms with van der Waals surface area (Å²) in [6.07, 6.45) is 1.19. The summed E-state index contributed by atoms with van der Waals surface area (Å²) in [5.74, 6) is 0.722. The van der Waals surface area contributed by atoms with Crippen LogP contribution in [0.3, 0.4) is 0 Å². The second-order valence-corrected chi connectivity index (χ2v) is 3.28. The van der Waals surface area contributed by atoms with Gasteiger partial charge in [-0.15, -0.1) is 0 Å². The van der Waals surface area contributed by atoms with Gasteiger partial charge in [0.1, 0.15) is 5.82 Å². The zero-order chi connectivity index (χ0) is 9.97. The highest BCUT2D eigenvalue weighted by molar-refractivity contribution is 5.29. The van der Waals surface area contributed by atoms with E-state index in [-0.39, 0.29) is 0 Å². The molecule has 2 heterocycles. The van der Waals surface area contributed by atoms with Crippen LogP contribution in [0.15, 0.2) is 0 Å². The number of hydrogen-bond acceptors (Lipinski definition) is 4. The lowest BCUT2D eigenvalue weighted by molar-refractivity contribution is 0.106. The first kappa shape index (κ1) is 9.10. The fourth-order valence-electron chi connectivity index (χ4n) is 1.69. The van der Waals surface area contributed by atoms with Crippen LogP contribution in [0.2, 0.25) is 0 Å². The third-order valence-corrected chi connectivity index (χ3v) is 2.27. The molecule has 0 aromatic carbocycles. The van der Waals surface area contributed by atoms with Crippen molar-refractivity contribution in [3.8, 4) is 6.07 Å². The van der Waals surface area contributed by atoms with Gasteiger partial charge in [-0.25, -0.2) is 9.97 Å². The van der Waals surface area contributed by atoms with Crippen LogP contribution < -0.4 is 0 Å². The Labute approximate surface area is 82.6 Å². The summed E-state index contributed by atoms with van der Waals surface area (Å²) in [4.78, 5) is 8.60. The molecule has 1 aromatic rings. The monoisotopic (exact) mass is 189 g/mol. The lowest BCUT2D eigenvalue weighted by Gasteiger charge is -2.17. The summed E-state index contributed by atoms with van der Waals surface area (Å²) in [6.45, 7) is 3.10. The third-order valence-electron chi connectivity index (χ3n) is 2.27. The number of rotatable bonds is 1. The summed E-state index contributed by atoms with van der Waals surface area (Å²) in [5, 5.41) is 8.67. The van der Waals surface area contributed by atoms with Crippen molar-refractivity contribution in [3.05, 3.63) is 22.8 Å². The molecular weight excluding hydrogens is 178 g/mol. The van der Waals surface area contributed by atoms with Crippen molar-refractivity contribution in [2.45, 2.75) is 26.4 Å². The average molecular weight is 189 g/mol. The second kappa shape index (κ2) is 3.72. The van der Waals surface area contributed by atoms with Gasteiger partial charge < -0.3 is 4.74 Å². The van der Waals surface area contributed by atoms with E-state index in [1.807, 2.05) is 6.92 Å². The minimum atomic E-state index is 0.367. The molecule has 2 rings (SSSR count). The van der Waals surface area contributed by atoms with Gasteiger partial charge in [-0.2, -0.15) is 5.26 Å². The summed E-state index contributed by atoms with van der Waals surface area (Å²) in [6, 6.07) is 2.13. The molecule has 4 heteroatoms. The van der Waals surface area contributed by atoms with E-state index in [4.69, 9.17) is 10.00 Å². The standard InChI is InChI=1S/C10H11N3O/c1-7-12-9(2-4-11)8-3-5-14-6-10(8)13-7/h2-3,5-6H2,1H3. The Bertz CT molecular complexity index is 395. The largest absolute Gasteiger partial charge is 0.375 e. The van der Waals surface area contributed by atoms with E-state index in [1.54, 1.807) is 0 Å². The third kappa shape index (κ3) is 1.59. The molecule has 1 aromatic heterocycles. The van der Waals surface area contributed by atoms with Gasteiger partial charge in [0.05, 0.1) is 37.1 Å². The van der Waals surface area contributed by atoms with Crippen LogP contribution in [-0.4, -0.2) is 16.6 Å². The predicted molar refractivity (Wildman–Crippen MR) is 49.4 cm³/mol. The van der Waals surface area contributed by atoms with E-state index in [9.17, 15) is 0 Å². The summed E-state index contributed by atoms with van der Waals surface area (Å²) < 4.78 is 5.31. The van der Waals surface area contributed by atoms with Gasteiger partial charge in [0.25, 0.3) is 0 Å². The van der Waals surface area contributed by atoms with E-state index >= 15 is 0 Å². The minimum Gasteiger partial charge on any atom is -0.375 e. The Morgan fingerprint density at radius 2 is 2.36 bits per heavy atom. The minimum absolute atomic E-state index is 0.367. The van der Waals surface area contributed by atoms with Crippen molar-refractivity contribution in [1.82, 2.24) is 9.97 Å². The van der Waals surface area contributed by atoms with Crippen molar-refractivity contribution in [3.63, 3.8) is 0 Å². The SMILES string of the molecule is Cc1nc(CC#N)c2c(n1)COCC2. The maximum absolute atomic E-state index is 8.67. The molecule has 1 aliphatic heterocycles. The van der Waals surface area contributed by atoms with Crippen LogP contribution in [0, 0.1) is 18.3 Å². The maximum atomic E-state index is 8.67. The first-order valence-electron chi connectivity index (χ1n) is 4.61. The second-order valence-electron chi connectivity index (χ2n) is 3.28. The van der Waals surface area contributed by atoms with Crippen LogP contribution in [0.1, 0.15) is 22.8 Å². The fraction of sp³-hybridized carbons (Fsp3) is 0.500. The Morgan fingerprint density at radius 1 is 1.50 bits per heavy atom. The van der Waals surface area contributed by atoms with E-state index in [0.29, 0.717) is 19.6 Å². The number of nitriles is 1. The van der Waals surface area contributed by atoms with Crippen molar-refractivity contribution in [2.24, 2.45) is 0 Å². The molecule has 4 nitrogen and oxygen atoms in total. The van der Waals surface area contributed by atoms with E-state index in [2.05, 4.69) is 16.0 Å². The molecule has 14 heavy (non-hydrogen) atoms. The van der Waals surface area contributed by atoms with Crippen LogP contribution >= 0.6 is 0 Å². The normalized spacial score (nSPS) is 14.6. The van der Waals surface area contributed by atoms with Gasteiger partial charge in [-0.3, -0.25) is 0 Å². The highest BCUT2D eigenvalue weighted by Crippen LogP contribution is 2.18.